The molecule has 2 N–H and O–H groups in total. The molecule has 1 aromatic rings. The SMILES string of the molecule is CCC1CN(C)CCCN1c1ncnc(Cl)c1N. The van der Waals surface area contributed by atoms with Gasteiger partial charge in [0, 0.05) is 19.1 Å². The minimum absolute atomic E-state index is 0.340. The lowest BCUT2D eigenvalue weighted by atomic mass is 10.2. The molecule has 0 aliphatic carbocycles. The summed E-state index contributed by atoms with van der Waals surface area (Å²) in [5, 5.41) is 0.340. The molecule has 0 aromatic carbocycles. The molecular formula is C12H20ClN5. The quantitative estimate of drug-likeness (QED) is 0.827. The Labute approximate surface area is 113 Å². The predicted octanol–water partition coefficient (Wildman–Crippen LogP) is 1.63. The molecule has 2 rings (SSSR count). The average Bonchev–Trinajstić information content (AvgIpc) is 2.54. The van der Waals surface area contributed by atoms with Crippen LogP contribution in [0.15, 0.2) is 6.33 Å². The molecule has 100 valence electrons. The van der Waals surface area contributed by atoms with E-state index in [1.807, 2.05) is 0 Å². The van der Waals surface area contributed by atoms with E-state index in [1.165, 1.54) is 6.33 Å². The molecule has 0 saturated carbocycles. The summed E-state index contributed by atoms with van der Waals surface area (Å²) in [4.78, 5) is 12.9. The van der Waals surface area contributed by atoms with Crippen LogP contribution in [0.4, 0.5) is 11.5 Å². The second-order valence-electron chi connectivity index (χ2n) is 4.77. The number of anilines is 2. The van der Waals surface area contributed by atoms with Crippen molar-refractivity contribution in [3.63, 3.8) is 0 Å². The molecule has 6 heteroatoms. The van der Waals surface area contributed by atoms with E-state index in [-0.39, 0.29) is 0 Å². The average molecular weight is 270 g/mol. The third-order valence-electron chi connectivity index (χ3n) is 3.46. The van der Waals surface area contributed by atoms with Crippen LogP contribution in [-0.4, -0.2) is 47.6 Å². The van der Waals surface area contributed by atoms with Crippen molar-refractivity contribution in [1.29, 1.82) is 0 Å². The third-order valence-corrected chi connectivity index (χ3v) is 3.76. The molecule has 0 bridgehead atoms. The predicted molar refractivity (Wildman–Crippen MR) is 75.0 cm³/mol. The van der Waals surface area contributed by atoms with Gasteiger partial charge >= 0.3 is 0 Å². The van der Waals surface area contributed by atoms with E-state index in [9.17, 15) is 0 Å². The maximum Gasteiger partial charge on any atom is 0.157 e. The fourth-order valence-corrected chi connectivity index (χ4v) is 2.59. The Bertz CT molecular complexity index is 411. The smallest absolute Gasteiger partial charge is 0.157 e. The van der Waals surface area contributed by atoms with Crippen LogP contribution < -0.4 is 10.6 Å². The molecular weight excluding hydrogens is 250 g/mol. The number of rotatable bonds is 2. The van der Waals surface area contributed by atoms with Crippen LogP contribution in [0.3, 0.4) is 0 Å². The second-order valence-corrected chi connectivity index (χ2v) is 5.13. The zero-order valence-corrected chi connectivity index (χ0v) is 11.7. The third kappa shape index (κ3) is 2.67. The van der Waals surface area contributed by atoms with Crippen LogP contribution in [-0.2, 0) is 0 Å². The highest BCUT2D eigenvalue weighted by atomic mass is 35.5. The van der Waals surface area contributed by atoms with E-state index in [0.29, 0.717) is 16.9 Å². The van der Waals surface area contributed by atoms with Gasteiger partial charge in [0.25, 0.3) is 0 Å². The van der Waals surface area contributed by atoms with Gasteiger partial charge in [0.1, 0.15) is 12.0 Å². The Hall–Kier alpha value is -1.07. The Morgan fingerprint density at radius 1 is 1.44 bits per heavy atom. The molecule has 18 heavy (non-hydrogen) atoms. The summed E-state index contributed by atoms with van der Waals surface area (Å²) in [5.74, 6) is 0.775. The van der Waals surface area contributed by atoms with Crippen molar-refractivity contribution >= 4 is 23.1 Å². The van der Waals surface area contributed by atoms with E-state index < -0.39 is 0 Å². The van der Waals surface area contributed by atoms with Crippen molar-refractivity contribution in [1.82, 2.24) is 14.9 Å². The monoisotopic (exact) mass is 269 g/mol. The molecule has 1 fully saturated rings. The number of nitrogens with zero attached hydrogens (tertiary/aromatic N) is 4. The molecule has 1 aromatic heterocycles. The normalized spacial score (nSPS) is 21.9. The van der Waals surface area contributed by atoms with Crippen molar-refractivity contribution in [3.05, 3.63) is 11.5 Å². The van der Waals surface area contributed by atoms with Crippen molar-refractivity contribution in [2.75, 3.05) is 37.3 Å². The molecule has 1 aliphatic rings. The second kappa shape index (κ2) is 5.71. The lowest BCUT2D eigenvalue weighted by molar-refractivity contribution is 0.327. The van der Waals surface area contributed by atoms with Gasteiger partial charge < -0.3 is 15.5 Å². The van der Waals surface area contributed by atoms with Gasteiger partial charge in [-0.1, -0.05) is 18.5 Å². The van der Waals surface area contributed by atoms with Crippen LogP contribution in [0.2, 0.25) is 5.15 Å². The lowest BCUT2D eigenvalue weighted by Crippen LogP contribution is -2.40. The van der Waals surface area contributed by atoms with Crippen LogP contribution in [0, 0.1) is 0 Å². The zero-order valence-electron chi connectivity index (χ0n) is 10.9. The topological polar surface area (TPSA) is 58.3 Å². The summed E-state index contributed by atoms with van der Waals surface area (Å²) in [6.45, 7) is 5.28. The van der Waals surface area contributed by atoms with Gasteiger partial charge in [-0.15, -0.1) is 0 Å². The first-order valence-electron chi connectivity index (χ1n) is 6.34. The summed E-state index contributed by atoms with van der Waals surface area (Å²) in [7, 11) is 2.16. The Kier molecular flexibility index (Phi) is 4.24. The standard InChI is InChI=1S/C12H20ClN5/c1-3-9-7-17(2)5-4-6-18(9)12-10(14)11(13)15-8-16-12/h8-9H,3-7,14H2,1-2H3. The molecule has 1 aliphatic heterocycles. The number of likely N-dealkylation sites (N-methyl/N-ethyl adjacent to an activating group) is 1. The summed E-state index contributed by atoms with van der Waals surface area (Å²) >= 11 is 5.98. The number of nitrogens with two attached hydrogens (primary N) is 1. The highest BCUT2D eigenvalue weighted by molar-refractivity contribution is 6.32. The Balaban J connectivity index is 2.31. The Morgan fingerprint density at radius 3 is 2.94 bits per heavy atom. The maximum atomic E-state index is 6.00. The van der Waals surface area contributed by atoms with Gasteiger partial charge in [0.05, 0.1) is 0 Å². The van der Waals surface area contributed by atoms with Gasteiger partial charge in [0.2, 0.25) is 0 Å². The van der Waals surface area contributed by atoms with E-state index in [2.05, 4.69) is 33.7 Å². The van der Waals surface area contributed by atoms with E-state index in [4.69, 9.17) is 17.3 Å². The summed E-state index contributed by atoms with van der Waals surface area (Å²) < 4.78 is 0. The first-order chi connectivity index (χ1) is 8.63. The summed E-state index contributed by atoms with van der Waals surface area (Å²) in [5.41, 5.74) is 6.49. The first-order valence-corrected chi connectivity index (χ1v) is 6.72. The van der Waals surface area contributed by atoms with Crippen LogP contribution in [0.1, 0.15) is 19.8 Å². The van der Waals surface area contributed by atoms with Gasteiger partial charge in [0.15, 0.2) is 11.0 Å². The molecule has 5 nitrogen and oxygen atoms in total. The number of nitrogen functional groups attached to an aromatic ring is 1. The molecule has 1 saturated heterocycles. The number of hydrogen-bond acceptors (Lipinski definition) is 5. The van der Waals surface area contributed by atoms with Crippen molar-refractivity contribution in [3.8, 4) is 0 Å². The van der Waals surface area contributed by atoms with Gasteiger partial charge in [-0.3, -0.25) is 0 Å². The largest absolute Gasteiger partial charge is 0.393 e. The van der Waals surface area contributed by atoms with E-state index >= 15 is 0 Å². The van der Waals surface area contributed by atoms with Gasteiger partial charge in [-0.25, -0.2) is 9.97 Å². The number of halogens is 1. The van der Waals surface area contributed by atoms with Crippen molar-refractivity contribution in [2.24, 2.45) is 0 Å². The van der Waals surface area contributed by atoms with Crippen LogP contribution in [0.5, 0.6) is 0 Å². The molecule has 1 atom stereocenters. The fraction of sp³-hybridized carbons (Fsp3) is 0.667. The minimum Gasteiger partial charge on any atom is -0.393 e. The number of aromatic nitrogens is 2. The highest BCUT2D eigenvalue weighted by Gasteiger charge is 2.25. The summed E-state index contributed by atoms with van der Waals surface area (Å²) in [6, 6.07) is 0.422. The van der Waals surface area contributed by atoms with Gasteiger partial charge in [-0.2, -0.15) is 0 Å². The lowest BCUT2D eigenvalue weighted by Gasteiger charge is -2.31. The van der Waals surface area contributed by atoms with Crippen molar-refractivity contribution in [2.45, 2.75) is 25.8 Å². The van der Waals surface area contributed by atoms with Crippen LogP contribution in [0.25, 0.3) is 0 Å². The molecule has 1 unspecified atom stereocenters. The summed E-state index contributed by atoms with van der Waals surface area (Å²) in [6.07, 6.45) is 3.65. The Morgan fingerprint density at radius 2 is 2.22 bits per heavy atom. The molecule has 0 amide bonds. The van der Waals surface area contributed by atoms with Gasteiger partial charge in [-0.05, 0) is 26.4 Å². The molecule has 0 spiro atoms. The first kappa shape index (κ1) is 13.4. The maximum absolute atomic E-state index is 6.00. The van der Waals surface area contributed by atoms with E-state index in [0.717, 1.165) is 38.3 Å². The zero-order chi connectivity index (χ0) is 13.1. The molecule has 2 heterocycles. The minimum atomic E-state index is 0.340. The fourth-order valence-electron chi connectivity index (χ4n) is 2.47. The molecule has 0 radical (unpaired) electrons. The van der Waals surface area contributed by atoms with E-state index in [1.54, 1.807) is 0 Å². The number of hydrogen-bond donors (Lipinski definition) is 1. The highest BCUT2D eigenvalue weighted by Crippen LogP contribution is 2.29. The van der Waals surface area contributed by atoms with Crippen LogP contribution >= 0.6 is 11.6 Å². The van der Waals surface area contributed by atoms with Crippen molar-refractivity contribution < 1.29 is 0 Å².